The molecule has 84 valence electrons. The van der Waals surface area contributed by atoms with Gasteiger partial charge in [-0.2, -0.15) is 0 Å². The molecule has 2 heteroatoms. The number of hydrogen-bond donors (Lipinski definition) is 1. The number of benzene rings is 1. The molecule has 0 fully saturated rings. The molecule has 1 unspecified atom stereocenters. The van der Waals surface area contributed by atoms with Crippen molar-refractivity contribution in [2.75, 3.05) is 20.1 Å². The van der Waals surface area contributed by atoms with E-state index >= 15 is 0 Å². The van der Waals surface area contributed by atoms with Gasteiger partial charge in [0, 0.05) is 19.1 Å². The van der Waals surface area contributed by atoms with E-state index in [1.165, 1.54) is 5.56 Å². The zero-order chi connectivity index (χ0) is 11.1. The van der Waals surface area contributed by atoms with Crippen molar-refractivity contribution in [1.29, 1.82) is 0 Å². The third-order valence-corrected chi connectivity index (χ3v) is 2.72. The minimum Gasteiger partial charge on any atom is -0.315 e. The quantitative estimate of drug-likeness (QED) is 0.767. The lowest BCUT2D eigenvalue weighted by atomic mass is 10.2. The molecular weight excluding hydrogens is 184 g/mol. The van der Waals surface area contributed by atoms with Gasteiger partial charge in [-0.25, -0.2) is 0 Å². The second kappa shape index (κ2) is 6.59. The van der Waals surface area contributed by atoms with Gasteiger partial charge in [-0.3, -0.25) is 4.90 Å². The van der Waals surface area contributed by atoms with Gasteiger partial charge in [-0.1, -0.05) is 37.3 Å². The van der Waals surface area contributed by atoms with E-state index < -0.39 is 0 Å². The van der Waals surface area contributed by atoms with Gasteiger partial charge < -0.3 is 5.32 Å². The highest BCUT2D eigenvalue weighted by Crippen LogP contribution is 2.05. The summed E-state index contributed by atoms with van der Waals surface area (Å²) in [5, 5.41) is 3.37. The molecule has 0 saturated heterocycles. The van der Waals surface area contributed by atoms with Crippen LogP contribution >= 0.6 is 0 Å². The molecule has 1 atom stereocenters. The molecule has 0 aromatic heterocycles. The molecule has 0 bridgehead atoms. The van der Waals surface area contributed by atoms with Crippen LogP contribution in [0.3, 0.4) is 0 Å². The lowest BCUT2D eigenvalue weighted by Crippen LogP contribution is -2.37. The van der Waals surface area contributed by atoms with Gasteiger partial charge >= 0.3 is 0 Å². The molecule has 0 saturated carbocycles. The average Bonchev–Trinajstić information content (AvgIpc) is 2.27. The molecule has 0 aliphatic carbocycles. The molecule has 15 heavy (non-hydrogen) atoms. The summed E-state index contributed by atoms with van der Waals surface area (Å²) >= 11 is 0. The summed E-state index contributed by atoms with van der Waals surface area (Å²) < 4.78 is 0. The van der Waals surface area contributed by atoms with Crippen LogP contribution < -0.4 is 5.32 Å². The summed E-state index contributed by atoms with van der Waals surface area (Å²) in [6, 6.07) is 11.2. The Balaban J connectivity index is 2.38. The normalized spacial score (nSPS) is 13.1. The summed E-state index contributed by atoms with van der Waals surface area (Å²) in [6.07, 6.45) is 0. The molecule has 1 rings (SSSR count). The summed E-state index contributed by atoms with van der Waals surface area (Å²) in [4.78, 5) is 2.37. The zero-order valence-corrected chi connectivity index (χ0v) is 10.0. The second-order valence-electron chi connectivity index (χ2n) is 4.06. The van der Waals surface area contributed by atoms with Gasteiger partial charge in [0.15, 0.2) is 0 Å². The first kappa shape index (κ1) is 12.2. The molecular formula is C13H22N2. The number of likely N-dealkylation sites (N-methyl/N-ethyl adjacent to an activating group) is 2. The van der Waals surface area contributed by atoms with Crippen LogP contribution in [0.25, 0.3) is 0 Å². The van der Waals surface area contributed by atoms with Gasteiger partial charge in [-0.05, 0) is 26.1 Å². The molecule has 0 radical (unpaired) electrons. The number of nitrogens with zero attached hydrogens (tertiary/aromatic N) is 1. The van der Waals surface area contributed by atoms with Crippen molar-refractivity contribution >= 4 is 0 Å². The highest BCUT2D eigenvalue weighted by atomic mass is 15.1. The highest BCUT2D eigenvalue weighted by Gasteiger charge is 2.08. The minimum absolute atomic E-state index is 0.574. The van der Waals surface area contributed by atoms with E-state index in [9.17, 15) is 0 Å². The van der Waals surface area contributed by atoms with E-state index in [-0.39, 0.29) is 0 Å². The molecule has 1 aromatic rings. The van der Waals surface area contributed by atoms with Crippen molar-refractivity contribution in [2.24, 2.45) is 0 Å². The average molecular weight is 206 g/mol. The molecule has 1 aromatic carbocycles. The van der Waals surface area contributed by atoms with E-state index in [1.807, 2.05) is 0 Å². The Bertz CT molecular complexity index is 258. The van der Waals surface area contributed by atoms with Gasteiger partial charge in [0.1, 0.15) is 0 Å². The fraction of sp³-hybridized carbons (Fsp3) is 0.538. The van der Waals surface area contributed by atoms with Crippen molar-refractivity contribution in [3.05, 3.63) is 35.9 Å². The summed E-state index contributed by atoms with van der Waals surface area (Å²) in [6.45, 7) is 7.52. The van der Waals surface area contributed by atoms with Crippen molar-refractivity contribution in [2.45, 2.75) is 26.4 Å². The monoisotopic (exact) mass is 206 g/mol. The Kier molecular flexibility index (Phi) is 5.37. The first-order valence-electron chi connectivity index (χ1n) is 5.69. The fourth-order valence-electron chi connectivity index (χ4n) is 1.54. The van der Waals surface area contributed by atoms with E-state index in [0.29, 0.717) is 6.04 Å². The van der Waals surface area contributed by atoms with Crippen molar-refractivity contribution < 1.29 is 0 Å². The Morgan fingerprint density at radius 1 is 1.27 bits per heavy atom. The molecule has 0 amide bonds. The Morgan fingerprint density at radius 2 is 1.93 bits per heavy atom. The van der Waals surface area contributed by atoms with Crippen molar-refractivity contribution in [3.8, 4) is 0 Å². The summed E-state index contributed by atoms with van der Waals surface area (Å²) in [5.41, 5.74) is 1.38. The van der Waals surface area contributed by atoms with Crippen LogP contribution in [0.2, 0.25) is 0 Å². The van der Waals surface area contributed by atoms with E-state index in [0.717, 1.165) is 19.6 Å². The third kappa shape index (κ3) is 4.45. The third-order valence-electron chi connectivity index (χ3n) is 2.72. The van der Waals surface area contributed by atoms with Crippen LogP contribution in [0.5, 0.6) is 0 Å². The van der Waals surface area contributed by atoms with Crippen LogP contribution in [0.4, 0.5) is 0 Å². The lowest BCUT2D eigenvalue weighted by molar-refractivity contribution is 0.244. The van der Waals surface area contributed by atoms with E-state index in [1.54, 1.807) is 0 Å². The zero-order valence-electron chi connectivity index (χ0n) is 10.0. The van der Waals surface area contributed by atoms with Gasteiger partial charge in [0.2, 0.25) is 0 Å². The predicted octanol–water partition coefficient (Wildman–Crippen LogP) is 2.12. The largest absolute Gasteiger partial charge is 0.315 e. The first-order chi connectivity index (χ1) is 7.24. The fourth-order valence-corrected chi connectivity index (χ4v) is 1.54. The first-order valence-corrected chi connectivity index (χ1v) is 5.69. The standard InChI is InChI=1S/C13H22N2/c1-4-14-10-12(2)15(3)11-13-8-6-5-7-9-13/h5-9,12,14H,4,10-11H2,1-3H3. The van der Waals surface area contributed by atoms with Gasteiger partial charge in [-0.15, -0.1) is 0 Å². The highest BCUT2D eigenvalue weighted by molar-refractivity contribution is 5.14. The summed E-state index contributed by atoms with van der Waals surface area (Å²) in [5.74, 6) is 0. The van der Waals surface area contributed by atoms with Crippen LogP contribution in [-0.4, -0.2) is 31.1 Å². The minimum atomic E-state index is 0.574. The van der Waals surface area contributed by atoms with Gasteiger partial charge in [0.25, 0.3) is 0 Å². The Labute approximate surface area is 93.3 Å². The lowest BCUT2D eigenvalue weighted by Gasteiger charge is -2.24. The van der Waals surface area contributed by atoms with Crippen LogP contribution in [-0.2, 0) is 6.54 Å². The Hall–Kier alpha value is -0.860. The summed E-state index contributed by atoms with van der Waals surface area (Å²) in [7, 11) is 2.18. The molecule has 0 aliphatic heterocycles. The molecule has 0 aliphatic rings. The maximum Gasteiger partial charge on any atom is 0.0234 e. The number of nitrogens with one attached hydrogen (secondary N) is 1. The van der Waals surface area contributed by atoms with Crippen LogP contribution in [0, 0.1) is 0 Å². The van der Waals surface area contributed by atoms with Crippen LogP contribution in [0.1, 0.15) is 19.4 Å². The maximum atomic E-state index is 3.37. The second-order valence-corrected chi connectivity index (χ2v) is 4.06. The molecule has 0 spiro atoms. The maximum absolute atomic E-state index is 3.37. The van der Waals surface area contributed by atoms with Crippen LogP contribution in [0.15, 0.2) is 30.3 Å². The molecule has 2 nitrogen and oxygen atoms in total. The number of hydrogen-bond acceptors (Lipinski definition) is 2. The molecule has 1 N–H and O–H groups in total. The smallest absolute Gasteiger partial charge is 0.0234 e. The predicted molar refractivity (Wildman–Crippen MR) is 65.9 cm³/mol. The van der Waals surface area contributed by atoms with E-state index in [2.05, 4.69) is 61.4 Å². The molecule has 0 heterocycles. The van der Waals surface area contributed by atoms with Crippen molar-refractivity contribution in [3.63, 3.8) is 0 Å². The Morgan fingerprint density at radius 3 is 2.53 bits per heavy atom. The topological polar surface area (TPSA) is 15.3 Å². The number of rotatable bonds is 6. The van der Waals surface area contributed by atoms with Gasteiger partial charge in [0.05, 0.1) is 0 Å². The van der Waals surface area contributed by atoms with E-state index in [4.69, 9.17) is 0 Å². The SMILES string of the molecule is CCNCC(C)N(C)Cc1ccccc1. The van der Waals surface area contributed by atoms with Crippen molar-refractivity contribution in [1.82, 2.24) is 10.2 Å².